The van der Waals surface area contributed by atoms with E-state index < -0.39 is 0 Å². The van der Waals surface area contributed by atoms with E-state index in [0.29, 0.717) is 11.4 Å². The van der Waals surface area contributed by atoms with Crippen LogP contribution in [-0.2, 0) is 0 Å². The third kappa shape index (κ3) is 2.12. The molecule has 1 aromatic carbocycles. The maximum atomic E-state index is 8.87. The second-order valence-electron chi connectivity index (χ2n) is 3.00. The van der Waals surface area contributed by atoms with E-state index in [0.717, 1.165) is 5.69 Å². The van der Waals surface area contributed by atoms with Gasteiger partial charge in [0.1, 0.15) is 11.9 Å². The van der Waals surface area contributed by atoms with Crippen molar-refractivity contribution in [2.75, 3.05) is 5.32 Å². The Bertz CT molecular complexity index is 486. The molecule has 0 radical (unpaired) electrons. The number of para-hydroxylation sites is 1. The Morgan fingerprint density at radius 1 is 1.07 bits per heavy atom. The maximum absolute atomic E-state index is 8.87. The van der Waals surface area contributed by atoms with Crippen molar-refractivity contribution in [3.05, 3.63) is 54.2 Å². The van der Waals surface area contributed by atoms with Gasteiger partial charge in [-0.1, -0.05) is 18.2 Å². The lowest BCUT2D eigenvalue weighted by atomic mass is 10.2. The number of pyridine rings is 1. The van der Waals surface area contributed by atoms with Crippen LogP contribution in [0.15, 0.2) is 48.7 Å². The highest BCUT2D eigenvalue weighted by Crippen LogP contribution is 2.16. The Hall–Kier alpha value is -2.34. The first-order valence-electron chi connectivity index (χ1n) is 4.57. The molecule has 0 fully saturated rings. The minimum absolute atomic E-state index is 0.543. The molecule has 0 saturated heterocycles. The summed E-state index contributed by atoms with van der Waals surface area (Å²) in [6.07, 6.45) is 1.66. The summed E-state index contributed by atoms with van der Waals surface area (Å²) < 4.78 is 0. The summed E-state index contributed by atoms with van der Waals surface area (Å²) in [5.74, 6) is 0.589. The number of hydrogen-bond donors (Lipinski definition) is 1. The number of benzene rings is 1. The third-order valence-corrected chi connectivity index (χ3v) is 1.96. The second kappa shape index (κ2) is 4.25. The van der Waals surface area contributed by atoms with Gasteiger partial charge in [-0.15, -0.1) is 0 Å². The van der Waals surface area contributed by atoms with Gasteiger partial charge in [0.25, 0.3) is 0 Å². The quantitative estimate of drug-likeness (QED) is 0.801. The highest BCUT2D eigenvalue weighted by molar-refractivity contribution is 5.62. The monoisotopic (exact) mass is 195 g/mol. The standard InChI is InChI=1S/C12H9N3/c13-9-10-5-4-8-14-12(10)15-11-6-2-1-3-7-11/h1-8H,(H,14,15). The molecule has 0 aliphatic rings. The second-order valence-corrected chi connectivity index (χ2v) is 3.00. The van der Waals surface area contributed by atoms with Crippen molar-refractivity contribution in [1.82, 2.24) is 4.98 Å². The fourth-order valence-electron chi connectivity index (χ4n) is 1.25. The molecule has 0 unspecified atom stereocenters. The zero-order valence-electron chi connectivity index (χ0n) is 8.01. The van der Waals surface area contributed by atoms with Crippen LogP contribution in [0.25, 0.3) is 0 Å². The zero-order valence-corrected chi connectivity index (χ0v) is 8.01. The summed E-state index contributed by atoms with van der Waals surface area (Å²) in [6.45, 7) is 0. The van der Waals surface area contributed by atoms with Gasteiger partial charge in [-0.05, 0) is 24.3 Å². The molecule has 0 atom stereocenters. The van der Waals surface area contributed by atoms with Gasteiger partial charge in [0, 0.05) is 11.9 Å². The van der Waals surface area contributed by atoms with E-state index in [1.807, 2.05) is 30.3 Å². The van der Waals surface area contributed by atoms with Crippen LogP contribution in [0.3, 0.4) is 0 Å². The van der Waals surface area contributed by atoms with Gasteiger partial charge in [0.15, 0.2) is 0 Å². The van der Waals surface area contributed by atoms with Crippen molar-refractivity contribution in [1.29, 1.82) is 5.26 Å². The van der Waals surface area contributed by atoms with Crippen LogP contribution in [0.5, 0.6) is 0 Å². The van der Waals surface area contributed by atoms with Crippen LogP contribution in [0, 0.1) is 11.3 Å². The van der Waals surface area contributed by atoms with Crippen LogP contribution in [0.4, 0.5) is 11.5 Å². The molecular weight excluding hydrogens is 186 g/mol. The molecule has 3 nitrogen and oxygen atoms in total. The number of nitrogens with zero attached hydrogens (tertiary/aromatic N) is 2. The topological polar surface area (TPSA) is 48.7 Å². The minimum atomic E-state index is 0.543. The highest BCUT2D eigenvalue weighted by atomic mass is 15.0. The minimum Gasteiger partial charge on any atom is -0.339 e. The van der Waals surface area contributed by atoms with E-state index in [2.05, 4.69) is 16.4 Å². The summed E-state index contributed by atoms with van der Waals surface area (Å²) in [6, 6.07) is 15.2. The smallest absolute Gasteiger partial charge is 0.148 e. The molecular formula is C12H9N3. The Balaban J connectivity index is 2.29. The summed E-state index contributed by atoms with van der Waals surface area (Å²) >= 11 is 0. The van der Waals surface area contributed by atoms with Gasteiger partial charge in [0.05, 0.1) is 5.56 Å². The number of nitrogens with one attached hydrogen (secondary N) is 1. The van der Waals surface area contributed by atoms with Gasteiger partial charge in [-0.2, -0.15) is 5.26 Å². The number of rotatable bonds is 2. The molecule has 2 rings (SSSR count). The van der Waals surface area contributed by atoms with Gasteiger partial charge in [0.2, 0.25) is 0 Å². The molecule has 0 aliphatic heterocycles. The van der Waals surface area contributed by atoms with Gasteiger partial charge >= 0.3 is 0 Å². The average molecular weight is 195 g/mol. The van der Waals surface area contributed by atoms with Gasteiger partial charge in [-0.3, -0.25) is 0 Å². The van der Waals surface area contributed by atoms with Crippen molar-refractivity contribution in [2.24, 2.45) is 0 Å². The first-order chi connectivity index (χ1) is 7.40. The Kier molecular flexibility index (Phi) is 2.61. The van der Waals surface area contributed by atoms with Crippen LogP contribution in [0.2, 0.25) is 0 Å². The molecule has 1 N–H and O–H groups in total. The van der Waals surface area contributed by atoms with Crippen molar-refractivity contribution in [3.63, 3.8) is 0 Å². The summed E-state index contributed by atoms with van der Waals surface area (Å²) in [5.41, 5.74) is 1.47. The molecule has 0 aliphatic carbocycles. The largest absolute Gasteiger partial charge is 0.339 e. The SMILES string of the molecule is N#Cc1cccnc1Nc1ccccc1. The lowest BCUT2D eigenvalue weighted by Crippen LogP contribution is -1.95. The van der Waals surface area contributed by atoms with Gasteiger partial charge < -0.3 is 5.32 Å². The Morgan fingerprint density at radius 3 is 2.60 bits per heavy atom. The van der Waals surface area contributed by atoms with Crippen molar-refractivity contribution >= 4 is 11.5 Å². The van der Waals surface area contributed by atoms with E-state index in [1.54, 1.807) is 18.3 Å². The van der Waals surface area contributed by atoms with E-state index >= 15 is 0 Å². The van der Waals surface area contributed by atoms with E-state index in [-0.39, 0.29) is 0 Å². The number of hydrogen-bond acceptors (Lipinski definition) is 3. The number of anilines is 2. The van der Waals surface area contributed by atoms with E-state index in [4.69, 9.17) is 5.26 Å². The molecule has 2 aromatic rings. The summed E-state index contributed by atoms with van der Waals surface area (Å²) in [7, 11) is 0. The molecule has 1 heterocycles. The van der Waals surface area contributed by atoms with E-state index in [9.17, 15) is 0 Å². The van der Waals surface area contributed by atoms with Crippen LogP contribution >= 0.6 is 0 Å². The van der Waals surface area contributed by atoms with Crippen molar-refractivity contribution < 1.29 is 0 Å². The fourth-order valence-corrected chi connectivity index (χ4v) is 1.25. The van der Waals surface area contributed by atoms with E-state index in [1.165, 1.54) is 0 Å². The average Bonchev–Trinajstić information content (AvgIpc) is 2.31. The van der Waals surface area contributed by atoms with Crippen molar-refractivity contribution in [3.8, 4) is 6.07 Å². The fraction of sp³-hybridized carbons (Fsp3) is 0. The number of nitriles is 1. The third-order valence-electron chi connectivity index (χ3n) is 1.96. The van der Waals surface area contributed by atoms with Crippen LogP contribution < -0.4 is 5.32 Å². The molecule has 0 spiro atoms. The van der Waals surface area contributed by atoms with Crippen molar-refractivity contribution in [2.45, 2.75) is 0 Å². The maximum Gasteiger partial charge on any atom is 0.148 e. The number of aromatic nitrogens is 1. The Labute approximate surface area is 88.0 Å². The predicted molar refractivity (Wildman–Crippen MR) is 58.7 cm³/mol. The molecule has 3 heteroatoms. The first kappa shape index (κ1) is 9.22. The summed E-state index contributed by atoms with van der Waals surface area (Å²) in [4.78, 5) is 4.11. The van der Waals surface area contributed by atoms with Gasteiger partial charge in [-0.25, -0.2) is 4.98 Å². The molecule has 0 saturated carbocycles. The molecule has 15 heavy (non-hydrogen) atoms. The highest BCUT2D eigenvalue weighted by Gasteiger charge is 2.01. The van der Waals surface area contributed by atoms with Crippen LogP contribution in [0.1, 0.15) is 5.56 Å². The Morgan fingerprint density at radius 2 is 1.87 bits per heavy atom. The lowest BCUT2D eigenvalue weighted by Gasteiger charge is -2.05. The lowest BCUT2D eigenvalue weighted by molar-refractivity contribution is 1.28. The zero-order chi connectivity index (χ0) is 10.5. The molecule has 72 valence electrons. The molecule has 0 bridgehead atoms. The van der Waals surface area contributed by atoms with Crippen LogP contribution in [-0.4, -0.2) is 4.98 Å². The molecule has 0 amide bonds. The molecule has 1 aromatic heterocycles. The normalized spacial score (nSPS) is 9.27. The first-order valence-corrected chi connectivity index (χ1v) is 4.57. The summed E-state index contributed by atoms with van der Waals surface area (Å²) in [5, 5.41) is 12.0. The predicted octanol–water partition coefficient (Wildman–Crippen LogP) is 2.70.